The van der Waals surface area contributed by atoms with Gasteiger partial charge in [0.05, 0.1) is 10.2 Å². The maximum atomic E-state index is 14.2. The van der Waals surface area contributed by atoms with Crippen molar-refractivity contribution in [1.82, 2.24) is 0 Å². The zero-order chi connectivity index (χ0) is 15.2. The number of nitrogens with two attached hydrogens (primary N) is 1. The molecule has 0 saturated heterocycles. The first-order valence-electron chi connectivity index (χ1n) is 6.26. The number of sulfonamides is 1. The van der Waals surface area contributed by atoms with E-state index in [4.69, 9.17) is 5.73 Å². The van der Waals surface area contributed by atoms with Crippen LogP contribution in [0.3, 0.4) is 0 Å². The van der Waals surface area contributed by atoms with Crippen molar-refractivity contribution in [1.29, 1.82) is 0 Å². The molecule has 0 bridgehead atoms. The minimum atomic E-state index is -3.98. The Kier molecular flexibility index (Phi) is 3.41. The Morgan fingerprint density at radius 3 is 2.71 bits per heavy atom. The summed E-state index contributed by atoms with van der Waals surface area (Å²) >= 11 is 2.99. The van der Waals surface area contributed by atoms with Crippen LogP contribution in [-0.2, 0) is 16.4 Å². The molecule has 21 heavy (non-hydrogen) atoms. The van der Waals surface area contributed by atoms with Gasteiger partial charge in [0.2, 0.25) is 0 Å². The first-order valence-corrected chi connectivity index (χ1v) is 8.50. The topological polar surface area (TPSA) is 63.4 Å². The zero-order valence-electron chi connectivity index (χ0n) is 10.9. The summed E-state index contributed by atoms with van der Waals surface area (Å²) in [5, 5.41) is 0. The number of hydrogen-bond acceptors (Lipinski definition) is 3. The highest BCUT2D eigenvalue weighted by Gasteiger charge is 2.33. The predicted molar refractivity (Wildman–Crippen MR) is 83.2 cm³/mol. The van der Waals surface area contributed by atoms with Crippen LogP contribution in [0.5, 0.6) is 0 Å². The van der Waals surface area contributed by atoms with Gasteiger partial charge in [-0.15, -0.1) is 0 Å². The molecule has 0 aromatic heterocycles. The summed E-state index contributed by atoms with van der Waals surface area (Å²) < 4.78 is 40.9. The van der Waals surface area contributed by atoms with Crippen LogP contribution in [0.2, 0.25) is 0 Å². The Bertz CT molecular complexity index is 824. The van der Waals surface area contributed by atoms with Crippen LogP contribution in [0.25, 0.3) is 0 Å². The lowest BCUT2D eigenvalue weighted by Gasteiger charge is -2.20. The summed E-state index contributed by atoms with van der Waals surface area (Å²) in [5.74, 6) is -0.825. The lowest BCUT2D eigenvalue weighted by atomic mass is 10.2. The van der Waals surface area contributed by atoms with Crippen molar-refractivity contribution in [3.05, 3.63) is 52.3 Å². The number of hydrogen-bond donors (Lipinski definition) is 1. The normalized spacial score (nSPS) is 14.3. The molecule has 2 aromatic carbocycles. The predicted octanol–water partition coefficient (Wildman–Crippen LogP) is 2.92. The first kappa shape index (κ1) is 14.3. The van der Waals surface area contributed by atoms with Crippen molar-refractivity contribution in [2.24, 2.45) is 0 Å². The molecule has 1 aliphatic heterocycles. The van der Waals surface area contributed by atoms with Gasteiger partial charge in [-0.25, -0.2) is 12.8 Å². The molecule has 0 amide bonds. The van der Waals surface area contributed by atoms with Crippen molar-refractivity contribution in [3.8, 4) is 0 Å². The Hall–Kier alpha value is -1.60. The van der Waals surface area contributed by atoms with E-state index in [0.29, 0.717) is 18.7 Å². The molecule has 0 unspecified atom stereocenters. The average Bonchev–Trinajstić information content (AvgIpc) is 2.87. The molecule has 0 fully saturated rings. The fraction of sp³-hybridized carbons (Fsp3) is 0.143. The number of anilines is 2. The quantitative estimate of drug-likeness (QED) is 0.826. The second-order valence-corrected chi connectivity index (χ2v) is 7.46. The summed E-state index contributed by atoms with van der Waals surface area (Å²) in [4.78, 5) is -0.411. The van der Waals surface area contributed by atoms with Gasteiger partial charge in [0.15, 0.2) is 5.82 Å². The molecule has 0 saturated carbocycles. The third-order valence-electron chi connectivity index (χ3n) is 3.43. The smallest absolute Gasteiger partial charge is 0.267 e. The molecule has 0 radical (unpaired) electrons. The summed E-state index contributed by atoms with van der Waals surface area (Å²) in [5.41, 5.74) is 7.36. The highest BCUT2D eigenvalue weighted by molar-refractivity contribution is 9.10. The maximum absolute atomic E-state index is 14.2. The van der Waals surface area contributed by atoms with Crippen LogP contribution < -0.4 is 10.0 Å². The van der Waals surface area contributed by atoms with Crippen molar-refractivity contribution in [2.75, 3.05) is 16.6 Å². The highest BCUT2D eigenvalue weighted by atomic mass is 79.9. The molecule has 110 valence electrons. The van der Waals surface area contributed by atoms with E-state index in [0.717, 1.165) is 11.6 Å². The number of rotatable bonds is 2. The van der Waals surface area contributed by atoms with Crippen molar-refractivity contribution >= 4 is 37.3 Å². The van der Waals surface area contributed by atoms with Crippen LogP contribution in [-0.4, -0.2) is 15.0 Å². The average molecular weight is 371 g/mol. The molecule has 4 nitrogen and oxygen atoms in total. The summed E-state index contributed by atoms with van der Waals surface area (Å²) in [6, 6.07) is 9.70. The van der Waals surface area contributed by atoms with E-state index >= 15 is 0 Å². The number of nitrogen functional groups attached to an aromatic ring is 1. The van der Waals surface area contributed by atoms with Crippen molar-refractivity contribution in [2.45, 2.75) is 11.3 Å². The largest absolute Gasteiger partial charge is 0.399 e. The number of nitrogens with zero attached hydrogens (tertiary/aromatic N) is 1. The molecule has 2 N–H and O–H groups in total. The van der Waals surface area contributed by atoms with E-state index in [2.05, 4.69) is 15.9 Å². The summed E-state index contributed by atoms with van der Waals surface area (Å²) in [6.45, 7) is 0.299. The van der Waals surface area contributed by atoms with Crippen molar-refractivity contribution in [3.63, 3.8) is 0 Å². The Morgan fingerprint density at radius 1 is 1.24 bits per heavy atom. The monoisotopic (exact) mass is 370 g/mol. The minimum absolute atomic E-state index is 0.0357. The van der Waals surface area contributed by atoms with Crippen LogP contribution in [0.4, 0.5) is 15.8 Å². The van der Waals surface area contributed by atoms with E-state index in [1.807, 2.05) is 12.1 Å². The molecule has 2 aromatic rings. The molecule has 0 spiro atoms. The van der Waals surface area contributed by atoms with Gasteiger partial charge in [-0.2, -0.15) is 0 Å². The second kappa shape index (κ2) is 4.99. The van der Waals surface area contributed by atoms with Gasteiger partial charge < -0.3 is 5.73 Å². The van der Waals surface area contributed by atoms with E-state index < -0.39 is 20.7 Å². The van der Waals surface area contributed by atoms with E-state index in [1.54, 1.807) is 12.1 Å². The van der Waals surface area contributed by atoms with E-state index in [-0.39, 0.29) is 10.2 Å². The van der Waals surface area contributed by atoms with E-state index in [1.165, 1.54) is 10.4 Å². The third-order valence-corrected chi connectivity index (χ3v) is 5.82. The molecule has 1 aliphatic rings. The minimum Gasteiger partial charge on any atom is -0.399 e. The molecular weight excluding hydrogens is 359 g/mol. The standard InChI is InChI=1S/C14H12BrFN2O2S/c15-11-7-10(17)8-13(14(11)16)21(19,20)18-6-5-9-3-1-2-4-12(9)18/h1-4,7-8H,5-6,17H2. The molecular formula is C14H12BrFN2O2S. The van der Waals surface area contributed by atoms with Gasteiger partial charge in [0, 0.05) is 12.2 Å². The number of para-hydroxylation sites is 1. The van der Waals surface area contributed by atoms with Crippen LogP contribution >= 0.6 is 15.9 Å². The van der Waals surface area contributed by atoms with Gasteiger partial charge >= 0.3 is 0 Å². The number of fused-ring (bicyclic) bond motifs is 1. The van der Waals surface area contributed by atoms with Gasteiger partial charge in [0.25, 0.3) is 10.0 Å². The van der Waals surface area contributed by atoms with Gasteiger partial charge in [-0.1, -0.05) is 18.2 Å². The Morgan fingerprint density at radius 2 is 1.95 bits per heavy atom. The first-order chi connectivity index (χ1) is 9.91. The molecule has 7 heteroatoms. The summed E-state index contributed by atoms with van der Waals surface area (Å²) in [6.07, 6.45) is 0.612. The van der Waals surface area contributed by atoms with Gasteiger partial charge in [0.1, 0.15) is 4.90 Å². The van der Waals surface area contributed by atoms with E-state index in [9.17, 15) is 12.8 Å². The highest BCUT2D eigenvalue weighted by Crippen LogP contribution is 2.35. The van der Waals surface area contributed by atoms with Crippen LogP contribution in [0.15, 0.2) is 45.8 Å². The molecule has 1 heterocycles. The SMILES string of the molecule is Nc1cc(Br)c(F)c(S(=O)(=O)N2CCc3ccccc32)c1. The lowest BCUT2D eigenvalue weighted by molar-refractivity contribution is 0.561. The van der Waals surface area contributed by atoms with Crippen molar-refractivity contribution < 1.29 is 12.8 Å². The zero-order valence-corrected chi connectivity index (χ0v) is 13.3. The number of benzene rings is 2. The lowest BCUT2D eigenvalue weighted by Crippen LogP contribution is -2.30. The fourth-order valence-corrected chi connectivity index (χ4v) is 4.68. The van der Waals surface area contributed by atoms with Crippen LogP contribution in [0.1, 0.15) is 5.56 Å². The van der Waals surface area contributed by atoms with Gasteiger partial charge in [-0.3, -0.25) is 4.31 Å². The third kappa shape index (κ3) is 2.30. The molecule has 3 rings (SSSR count). The molecule has 0 atom stereocenters. The van der Waals surface area contributed by atoms with Gasteiger partial charge in [-0.05, 0) is 46.1 Å². The fourth-order valence-electron chi connectivity index (χ4n) is 2.45. The summed E-state index contributed by atoms with van der Waals surface area (Å²) in [7, 11) is -3.98. The van der Waals surface area contributed by atoms with Crippen LogP contribution in [0, 0.1) is 5.82 Å². The Labute approximate surface area is 130 Å². The Balaban J connectivity index is 2.15. The molecule has 0 aliphatic carbocycles. The number of halogens is 2. The second-order valence-electron chi connectivity index (χ2n) is 4.77. The maximum Gasteiger partial charge on any atom is 0.267 e.